The fourth-order valence-electron chi connectivity index (χ4n) is 3.15. The molecular formula is C21H16Cl2N4O2. The number of hydrogen-bond acceptors (Lipinski definition) is 6. The third-order valence-electron chi connectivity index (χ3n) is 4.53. The predicted octanol–water partition coefficient (Wildman–Crippen LogP) is 5.27. The first-order valence-corrected chi connectivity index (χ1v) is 9.36. The van der Waals surface area contributed by atoms with Crippen molar-refractivity contribution in [1.82, 2.24) is 15.0 Å². The van der Waals surface area contributed by atoms with Gasteiger partial charge in [-0.05, 0) is 36.4 Å². The van der Waals surface area contributed by atoms with Crippen LogP contribution in [0.3, 0.4) is 0 Å². The van der Waals surface area contributed by atoms with Crippen molar-refractivity contribution in [2.45, 2.75) is 0 Å². The standard InChI is InChI=1S/C21H16Cl2N4O2/c1-28-17-6-3-11(7-18(17)29-2)16-9-14(13-5-4-12(22)8-15(13)23)19-20(24)25-10-26-21(19)27-16/h3-10H,1-2H3,(H2,24,25,26,27). The van der Waals surface area contributed by atoms with Gasteiger partial charge in [-0.2, -0.15) is 0 Å². The van der Waals surface area contributed by atoms with Gasteiger partial charge >= 0.3 is 0 Å². The number of pyridine rings is 1. The number of nitrogens with two attached hydrogens (primary N) is 1. The smallest absolute Gasteiger partial charge is 0.165 e. The minimum absolute atomic E-state index is 0.322. The number of nitrogens with zero attached hydrogens (tertiary/aromatic N) is 3. The maximum Gasteiger partial charge on any atom is 0.165 e. The van der Waals surface area contributed by atoms with Crippen LogP contribution in [0.5, 0.6) is 11.5 Å². The van der Waals surface area contributed by atoms with E-state index >= 15 is 0 Å². The molecule has 0 aliphatic rings. The average Bonchev–Trinajstić information content (AvgIpc) is 2.72. The highest BCUT2D eigenvalue weighted by molar-refractivity contribution is 6.36. The summed E-state index contributed by atoms with van der Waals surface area (Å²) in [5, 5.41) is 1.66. The van der Waals surface area contributed by atoms with E-state index in [1.165, 1.54) is 6.33 Å². The van der Waals surface area contributed by atoms with Crippen molar-refractivity contribution < 1.29 is 9.47 Å². The van der Waals surface area contributed by atoms with Crippen LogP contribution in [0, 0.1) is 0 Å². The second-order valence-electron chi connectivity index (χ2n) is 6.21. The fraction of sp³-hybridized carbons (Fsp3) is 0.0952. The van der Waals surface area contributed by atoms with Crippen molar-refractivity contribution in [3.63, 3.8) is 0 Å². The van der Waals surface area contributed by atoms with E-state index in [1.807, 2.05) is 30.3 Å². The average molecular weight is 427 g/mol. The van der Waals surface area contributed by atoms with Gasteiger partial charge in [-0.1, -0.05) is 29.3 Å². The Bertz CT molecular complexity index is 1230. The van der Waals surface area contributed by atoms with Gasteiger partial charge in [0, 0.05) is 26.7 Å². The van der Waals surface area contributed by atoms with Gasteiger partial charge < -0.3 is 15.2 Å². The number of aromatic nitrogens is 3. The Morgan fingerprint density at radius 2 is 1.66 bits per heavy atom. The lowest BCUT2D eigenvalue weighted by Crippen LogP contribution is -1.99. The summed E-state index contributed by atoms with van der Waals surface area (Å²) in [6, 6.07) is 12.8. The van der Waals surface area contributed by atoms with E-state index in [2.05, 4.69) is 15.0 Å². The first kappa shape index (κ1) is 19.2. The maximum absolute atomic E-state index is 6.48. The number of ether oxygens (including phenoxy) is 2. The first-order chi connectivity index (χ1) is 14.0. The molecule has 4 aromatic rings. The third-order valence-corrected chi connectivity index (χ3v) is 5.08. The van der Waals surface area contributed by atoms with E-state index in [4.69, 9.17) is 38.4 Å². The number of halogens is 2. The van der Waals surface area contributed by atoms with Crippen LogP contribution in [-0.4, -0.2) is 29.2 Å². The number of benzene rings is 2. The minimum atomic E-state index is 0.322. The van der Waals surface area contributed by atoms with Crippen molar-refractivity contribution in [1.29, 1.82) is 0 Å². The molecule has 0 amide bonds. The second kappa shape index (κ2) is 7.73. The predicted molar refractivity (Wildman–Crippen MR) is 116 cm³/mol. The molecule has 2 aromatic heterocycles. The molecule has 0 atom stereocenters. The zero-order valence-electron chi connectivity index (χ0n) is 15.6. The minimum Gasteiger partial charge on any atom is -0.493 e. The van der Waals surface area contributed by atoms with E-state index in [9.17, 15) is 0 Å². The highest BCUT2D eigenvalue weighted by atomic mass is 35.5. The third kappa shape index (κ3) is 3.52. The van der Waals surface area contributed by atoms with Crippen molar-refractivity contribution in [3.05, 3.63) is 58.8 Å². The molecule has 8 heteroatoms. The lowest BCUT2D eigenvalue weighted by molar-refractivity contribution is 0.355. The summed E-state index contributed by atoms with van der Waals surface area (Å²) >= 11 is 12.6. The van der Waals surface area contributed by atoms with E-state index < -0.39 is 0 Å². The molecule has 0 aliphatic heterocycles. The van der Waals surface area contributed by atoms with Gasteiger partial charge in [0.25, 0.3) is 0 Å². The Hall–Kier alpha value is -3.09. The van der Waals surface area contributed by atoms with Crippen LogP contribution < -0.4 is 15.2 Å². The molecule has 0 saturated heterocycles. The molecule has 6 nitrogen and oxygen atoms in total. The summed E-state index contributed by atoms with van der Waals surface area (Å²) in [5.74, 6) is 1.55. The normalized spacial score (nSPS) is 10.9. The zero-order valence-corrected chi connectivity index (χ0v) is 17.1. The molecule has 0 aliphatic carbocycles. The van der Waals surface area contributed by atoms with Gasteiger partial charge in [-0.25, -0.2) is 15.0 Å². The molecule has 146 valence electrons. The van der Waals surface area contributed by atoms with Crippen LogP contribution in [0.1, 0.15) is 0 Å². The largest absolute Gasteiger partial charge is 0.493 e. The topological polar surface area (TPSA) is 83.2 Å². The molecule has 29 heavy (non-hydrogen) atoms. The number of nitrogen functional groups attached to an aromatic ring is 1. The molecular weight excluding hydrogens is 411 g/mol. The van der Waals surface area contributed by atoms with Crippen LogP contribution in [0.25, 0.3) is 33.4 Å². The summed E-state index contributed by atoms with van der Waals surface area (Å²) in [6.07, 6.45) is 1.39. The summed E-state index contributed by atoms with van der Waals surface area (Å²) in [5.41, 5.74) is 9.64. The molecule has 0 radical (unpaired) electrons. The van der Waals surface area contributed by atoms with Crippen molar-refractivity contribution in [2.75, 3.05) is 20.0 Å². The number of hydrogen-bond donors (Lipinski definition) is 1. The zero-order chi connectivity index (χ0) is 20.5. The van der Waals surface area contributed by atoms with Crippen LogP contribution >= 0.6 is 23.2 Å². The summed E-state index contributed by atoms with van der Waals surface area (Å²) in [4.78, 5) is 13.1. The lowest BCUT2D eigenvalue weighted by Gasteiger charge is -2.13. The molecule has 0 unspecified atom stereocenters. The second-order valence-corrected chi connectivity index (χ2v) is 7.05. The number of fused-ring (bicyclic) bond motifs is 1. The fourth-order valence-corrected chi connectivity index (χ4v) is 3.66. The van der Waals surface area contributed by atoms with Gasteiger partial charge in [-0.3, -0.25) is 0 Å². The first-order valence-electron chi connectivity index (χ1n) is 8.61. The Morgan fingerprint density at radius 1 is 0.862 bits per heavy atom. The van der Waals surface area contributed by atoms with Crippen molar-refractivity contribution >= 4 is 40.1 Å². The summed E-state index contributed by atoms with van der Waals surface area (Å²) < 4.78 is 10.7. The molecule has 0 spiro atoms. The molecule has 2 N–H and O–H groups in total. The van der Waals surface area contributed by atoms with Gasteiger partial charge in [0.05, 0.1) is 25.3 Å². The number of methoxy groups -OCH3 is 2. The van der Waals surface area contributed by atoms with E-state index in [-0.39, 0.29) is 0 Å². The molecule has 2 aromatic carbocycles. The highest BCUT2D eigenvalue weighted by Crippen LogP contribution is 2.39. The van der Waals surface area contributed by atoms with Crippen LogP contribution in [0.2, 0.25) is 10.0 Å². The van der Waals surface area contributed by atoms with Gasteiger partial charge in [0.15, 0.2) is 17.1 Å². The SMILES string of the molecule is COc1ccc(-c2cc(-c3ccc(Cl)cc3Cl)c3c(N)ncnc3n2)cc1OC. The van der Waals surface area contributed by atoms with Crippen LogP contribution in [0.15, 0.2) is 48.8 Å². The van der Waals surface area contributed by atoms with Gasteiger partial charge in [0.2, 0.25) is 0 Å². The monoisotopic (exact) mass is 426 g/mol. The Balaban J connectivity index is 2.01. The number of rotatable bonds is 4. The molecule has 0 bridgehead atoms. The van der Waals surface area contributed by atoms with E-state index in [1.54, 1.807) is 26.4 Å². The van der Waals surface area contributed by atoms with Gasteiger partial charge in [-0.15, -0.1) is 0 Å². The lowest BCUT2D eigenvalue weighted by atomic mass is 9.99. The highest BCUT2D eigenvalue weighted by Gasteiger charge is 2.17. The summed E-state index contributed by atoms with van der Waals surface area (Å²) in [6.45, 7) is 0. The molecule has 2 heterocycles. The van der Waals surface area contributed by atoms with E-state index in [0.717, 1.165) is 16.7 Å². The quantitative estimate of drug-likeness (QED) is 0.478. The molecule has 0 saturated carbocycles. The van der Waals surface area contributed by atoms with Crippen LogP contribution in [0.4, 0.5) is 5.82 Å². The summed E-state index contributed by atoms with van der Waals surface area (Å²) in [7, 11) is 3.18. The van der Waals surface area contributed by atoms with E-state index in [0.29, 0.717) is 44.1 Å². The van der Waals surface area contributed by atoms with Crippen molar-refractivity contribution in [3.8, 4) is 33.9 Å². The van der Waals surface area contributed by atoms with Crippen molar-refractivity contribution in [2.24, 2.45) is 0 Å². The van der Waals surface area contributed by atoms with Crippen LogP contribution in [-0.2, 0) is 0 Å². The maximum atomic E-state index is 6.48. The Kier molecular flexibility index (Phi) is 5.13. The number of anilines is 1. The molecule has 0 fully saturated rings. The molecule has 4 rings (SSSR count). The van der Waals surface area contributed by atoms with Gasteiger partial charge in [0.1, 0.15) is 12.1 Å². The Labute approximate surface area is 177 Å². The Morgan fingerprint density at radius 3 is 2.38 bits per heavy atom.